The molecule has 0 aliphatic carbocycles. The molecule has 1 aromatic heterocycles. The first-order chi connectivity index (χ1) is 7.81. The number of aromatic nitrogens is 2. The summed E-state index contributed by atoms with van der Waals surface area (Å²) < 4.78 is 5.17. The van der Waals surface area contributed by atoms with Crippen molar-refractivity contribution in [3.05, 3.63) is 11.9 Å². The van der Waals surface area contributed by atoms with Gasteiger partial charge in [0.05, 0.1) is 12.7 Å². The Morgan fingerprint density at radius 3 is 2.81 bits per heavy atom. The number of rotatable bonds is 3. The zero-order chi connectivity index (χ0) is 11.4. The lowest BCUT2D eigenvalue weighted by Crippen LogP contribution is -2.35. The van der Waals surface area contributed by atoms with Crippen molar-refractivity contribution in [1.82, 2.24) is 15.3 Å². The smallest absolute Gasteiger partial charge is 0.221 e. The lowest BCUT2D eigenvalue weighted by atomic mass is 10.1. The van der Waals surface area contributed by atoms with Crippen LogP contribution in [0.1, 0.15) is 18.4 Å². The van der Waals surface area contributed by atoms with Crippen molar-refractivity contribution in [2.24, 2.45) is 0 Å². The van der Waals surface area contributed by atoms with E-state index in [0.717, 1.165) is 37.3 Å². The number of nitrogens with one attached hydrogen (secondary N) is 2. The van der Waals surface area contributed by atoms with Crippen LogP contribution in [0.2, 0.25) is 0 Å². The Hall–Kier alpha value is -1.36. The molecule has 1 aliphatic rings. The van der Waals surface area contributed by atoms with E-state index >= 15 is 0 Å². The van der Waals surface area contributed by atoms with Crippen molar-refractivity contribution < 1.29 is 4.74 Å². The molecule has 1 aliphatic heterocycles. The highest BCUT2D eigenvalue weighted by Gasteiger charge is 2.15. The Balaban J connectivity index is 2.08. The van der Waals surface area contributed by atoms with E-state index < -0.39 is 0 Å². The third-order valence-corrected chi connectivity index (χ3v) is 2.91. The molecular formula is C11H18N4O. The third-order valence-electron chi connectivity index (χ3n) is 2.91. The highest BCUT2D eigenvalue weighted by Crippen LogP contribution is 2.21. The van der Waals surface area contributed by atoms with E-state index in [4.69, 9.17) is 4.74 Å². The van der Waals surface area contributed by atoms with E-state index in [1.54, 1.807) is 7.11 Å². The first-order valence-corrected chi connectivity index (χ1v) is 5.64. The van der Waals surface area contributed by atoms with Gasteiger partial charge in [0.1, 0.15) is 12.1 Å². The van der Waals surface area contributed by atoms with Crippen LogP contribution < -0.4 is 15.4 Å². The Morgan fingerprint density at radius 1 is 1.38 bits per heavy atom. The summed E-state index contributed by atoms with van der Waals surface area (Å²) >= 11 is 0. The molecule has 0 bridgehead atoms. The van der Waals surface area contributed by atoms with Crippen molar-refractivity contribution in [3.63, 3.8) is 0 Å². The van der Waals surface area contributed by atoms with Gasteiger partial charge in [-0.1, -0.05) is 0 Å². The van der Waals surface area contributed by atoms with Crippen molar-refractivity contribution in [2.75, 3.05) is 25.5 Å². The zero-order valence-corrected chi connectivity index (χ0v) is 9.79. The fourth-order valence-electron chi connectivity index (χ4n) is 1.94. The fraction of sp³-hybridized carbons (Fsp3) is 0.636. The molecule has 0 saturated carbocycles. The van der Waals surface area contributed by atoms with Crippen LogP contribution in [-0.2, 0) is 0 Å². The van der Waals surface area contributed by atoms with Gasteiger partial charge in [-0.25, -0.2) is 9.97 Å². The lowest BCUT2D eigenvalue weighted by molar-refractivity contribution is 0.393. The van der Waals surface area contributed by atoms with Gasteiger partial charge in [0.15, 0.2) is 0 Å². The summed E-state index contributed by atoms with van der Waals surface area (Å²) in [7, 11) is 1.63. The van der Waals surface area contributed by atoms with Crippen LogP contribution in [0.25, 0.3) is 0 Å². The molecule has 5 heteroatoms. The molecule has 0 atom stereocenters. The number of methoxy groups -OCH3 is 1. The average Bonchev–Trinajstić information content (AvgIpc) is 2.33. The van der Waals surface area contributed by atoms with Gasteiger partial charge in [0, 0.05) is 6.04 Å². The molecule has 1 saturated heterocycles. The number of anilines is 1. The Bertz CT molecular complexity index is 350. The van der Waals surface area contributed by atoms with E-state index in [-0.39, 0.29) is 0 Å². The Morgan fingerprint density at radius 2 is 2.12 bits per heavy atom. The predicted molar refractivity (Wildman–Crippen MR) is 62.8 cm³/mol. The number of ether oxygens (including phenoxy) is 1. The van der Waals surface area contributed by atoms with Crippen molar-refractivity contribution in [1.29, 1.82) is 0 Å². The van der Waals surface area contributed by atoms with Gasteiger partial charge in [-0.3, -0.25) is 0 Å². The molecule has 16 heavy (non-hydrogen) atoms. The molecule has 2 N–H and O–H groups in total. The second-order valence-electron chi connectivity index (χ2n) is 4.03. The molecule has 88 valence electrons. The highest BCUT2D eigenvalue weighted by molar-refractivity contribution is 5.48. The average molecular weight is 222 g/mol. The van der Waals surface area contributed by atoms with E-state index in [9.17, 15) is 0 Å². The van der Waals surface area contributed by atoms with Crippen LogP contribution >= 0.6 is 0 Å². The summed E-state index contributed by atoms with van der Waals surface area (Å²) in [5.41, 5.74) is 0.975. The number of piperidine rings is 1. The second kappa shape index (κ2) is 5.12. The quantitative estimate of drug-likeness (QED) is 0.797. The van der Waals surface area contributed by atoms with E-state index in [0.29, 0.717) is 11.9 Å². The standard InChI is InChI=1S/C11H18N4O/c1-8-10(13-7-14-11(8)16-2)15-9-3-5-12-6-4-9/h7,9,12H,3-6H2,1-2H3,(H,13,14,15). The largest absolute Gasteiger partial charge is 0.481 e. The van der Waals surface area contributed by atoms with Crippen molar-refractivity contribution in [2.45, 2.75) is 25.8 Å². The SMILES string of the molecule is COc1ncnc(NC2CCNCC2)c1C. The molecule has 0 aromatic carbocycles. The van der Waals surface area contributed by atoms with Gasteiger partial charge in [-0.15, -0.1) is 0 Å². The molecule has 1 aromatic rings. The van der Waals surface area contributed by atoms with E-state index in [1.807, 2.05) is 6.92 Å². The minimum absolute atomic E-state index is 0.500. The van der Waals surface area contributed by atoms with Crippen molar-refractivity contribution >= 4 is 5.82 Å². The molecule has 0 spiro atoms. The third kappa shape index (κ3) is 2.41. The Kier molecular flexibility index (Phi) is 3.56. The van der Waals surface area contributed by atoms with Crippen molar-refractivity contribution in [3.8, 4) is 5.88 Å². The molecular weight excluding hydrogens is 204 g/mol. The minimum atomic E-state index is 0.500. The summed E-state index contributed by atoms with van der Waals surface area (Å²) in [5, 5.41) is 6.79. The van der Waals surface area contributed by atoms with Gasteiger partial charge in [-0.05, 0) is 32.9 Å². The summed E-state index contributed by atoms with van der Waals surface area (Å²) in [6.07, 6.45) is 3.80. The molecule has 0 amide bonds. The maximum atomic E-state index is 5.17. The number of hydrogen-bond acceptors (Lipinski definition) is 5. The van der Waals surface area contributed by atoms with Gasteiger partial charge in [-0.2, -0.15) is 0 Å². The summed E-state index contributed by atoms with van der Waals surface area (Å²) in [4.78, 5) is 8.32. The van der Waals surface area contributed by atoms with E-state index in [2.05, 4.69) is 20.6 Å². The summed E-state index contributed by atoms with van der Waals surface area (Å²) in [6, 6.07) is 0.500. The summed E-state index contributed by atoms with van der Waals surface area (Å²) in [5.74, 6) is 1.53. The van der Waals surface area contributed by atoms with Gasteiger partial charge in [0.2, 0.25) is 5.88 Å². The second-order valence-corrected chi connectivity index (χ2v) is 4.03. The first kappa shape index (κ1) is 11.1. The van der Waals surface area contributed by atoms with Gasteiger partial charge >= 0.3 is 0 Å². The maximum absolute atomic E-state index is 5.17. The normalized spacial score (nSPS) is 17.1. The zero-order valence-electron chi connectivity index (χ0n) is 9.79. The van der Waals surface area contributed by atoms with Gasteiger partial charge in [0.25, 0.3) is 0 Å². The van der Waals surface area contributed by atoms with Crippen LogP contribution in [0.15, 0.2) is 6.33 Å². The van der Waals surface area contributed by atoms with Crippen LogP contribution in [-0.4, -0.2) is 36.2 Å². The lowest BCUT2D eigenvalue weighted by Gasteiger charge is -2.24. The van der Waals surface area contributed by atoms with Gasteiger partial charge < -0.3 is 15.4 Å². The summed E-state index contributed by atoms with van der Waals surface area (Å²) in [6.45, 7) is 4.11. The monoisotopic (exact) mass is 222 g/mol. The predicted octanol–water partition coefficient (Wildman–Crippen LogP) is 0.958. The first-order valence-electron chi connectivity index (χ1n) is 5.64. The number of nitrogens with zero attached hydrogens (tertiary/aromatic N) is 2. The molecule has 2 heterocycles. The molecule has 1 fully saturated rings. The topological polar surface area (TPSA) is 59.1 Å². The Labute approximate surface area is 95.6 Å². The highest BCUT2D eigenvalue weighted by atomic mass is 16.5. The maximum Gasteiger partial charge on any atom is 0.221 e. The van der Waals surface area contributed by atoms with Crippen LogP contribution in [0.4, 0.5) is 5.82 Å². The number of hydrogen-bond donors (Lipinski definition) is 2. The molecule has 0 unspecified atom stereocenters. The van der Waals surface area contributed by atoms with Crippen LogP contribution in [0, 0.1) is 6.92 Å². The molecule has 0 radical (unpaired) electrons. The van der Waals surface area contributed by atoms with Crippen LogP contribution in [0.3, 0.4) is 0 Å². The molecule has 2 rings (SSSR count). The van der Waals surface area contributed by atoms with Crippen LogP contribution in [0.5, 0.6) is 5.88 Å². The van der Waals surface area contributed by atoms with E-state index in [1.165, 1.54) is 6.33 Å². The minimum Gasteiger partial charge on any atom is -0.481 e. The molecule has 5 nitrogen and oxygen atoms in total. The fourth-order valence-corrected chi connectivity index (χ4v) is 1.94.